The minimum absolute atomic E-state index is 0.0673. The molecule has 0 spiro atoms. The number of rotatable bonds is 5. The summed E-state index contributed by atoms with van der Waals surface area (Å²) in [6, 6.07) is 6.50. The lowest BCUT2D eigenvalue weighted by molar-refractivity contribution is -0.143. The largest absolute Gasteiger partial charge is 0.416 e. The first-order chi connectivity index (χ1) is 17.1. The van der Waals surface area contributed by atoms with Gasteiger partial charge in [-0.1, -0.05) is 12.1 Å². The molecule has 1 heterocycles. The summed E-state index contributed by atoms with van der Waals surface area (Å²) in [6.45, 7) is 2.78. The molecule has 1 saturated heterocycles. The molecule has 4 rings (SSSR count). The summed E-state index contributed by atoms with van der Waals surface area (Å²) in [7, 11) is 0. The predicted molar refractivity (Wildman–Crippen MR) is 119 cm³/mol. The molecule has 1 aliphatic carbocycles. The molecule has 6 atom stereocenters. The molecule has 2 aromatic carbocycles. The lowest BCUT2D eigenvalue weighted by Crippen LogP contribution is -2.37. The van der Waals surface area contributed by atoms with E-state index in [9.17, 15) is 40.6 Å². The molecule has 2 aromatic rings. The standard InChI is InChI=1S/C26H26F7NO3/c1-13(15-9-16(25(28,29)30)11-17(10-15)26(31,32)33)37-21-8-7-19(20-12-24(2,36)23(35)34-20)22(21)14-3-5-18(27)6-4-14/h3-6,9-11,13,19-22,36H,7-8,12H2,1-2H3,(H,34,35)/t13-,19?,20-,21+,22+,24-/m1/s1. The van der Waals surface area contributed by atoms with Crippen LogP contribution in [-0.2, 0) is 21.9 Å². The number of hydrogen-bond donors (Lipinski definition) is 2. The number of ether oxygens (including phenoxy) is 1. The van der Waals surface area contributed by atoms with E-state index in [0.717, 1.165) is 0 Å². The number of alkyl halides is 6. The normalized spacial score (nSPS) is 29.4. The van der Waals surface area contributed by atoms with E-state index in [1.54, 1.807) is 12.1 Å². The Morgan fingerprint density at radius 2 is 1.57 bits per heavy atom. The van der Waals surface area contributed by atoms with Crippen molar-refractivity contribution in [1.82, 2.24) is 5.32 Å². The Bertz CT molecular complexity index is 1110. The van der Waals surface area contributed by atoms with E-state index in [4.69, 9.17) is 4.74 Å². The molecule has 2 N–H and O–H groups in total. The Morgan fingerprint density at radius 1 is 1.00 bits per heavy atom. The molecule has 0 radical (unpaired) electrons. The molecule has 1 unspecified atom stereocenters. The topological polar surface area (TPSA) is 58.6 Å². The third kappa shape index (κ3) is 5.77. The Morgan fingerprint density at radius 3 is 2.05 bits per heavy atom. The van der Waals surface area contributed by atoms with Crippen LogP contribution in [0, 0.1) is 11.7 Å². The molecule has 202 valence electrons. The van der Waals surface area contributed by atoms with Crippen molar-refractivity contribution in [2.45, 2.75) is 75.2 Å². The molecule has 11 heteroatoms. The number of nitrogens with one attached hydrogen (secondary N) is 1. The summed E-state index contributed by atoms with van der Waals surface area (Å²) < 4.78 is 99.8. The molecular formula is C26H26F7NO3. The maximum atomic E-state index is 13.6. The zero-order chi connectivity index (χ0) is 27.3. The van der Waals surface area contributed by atoms with E-state index in [2.05, 4.69) is 5.32 Å². The number of carbonyl (C=O) groups is 1. The lowest BCUT2D eigenvalue weighted by atomic mass is 9.81. The summed E-state index contributed by atoms with van der Waals surface area (Å²) in [5.74, 6) is -1.72. The molecular weight excluding hydrogens is 507 g/mol. The number of benzene rings is 2. The molecule has 1 saturated carbocycles. The van der Waals surface area contributed by atoms with Crippen molar-refractivity contribution >= 4 is 5.91 Å². The van der Waals surface area contributed by atoms with Crippen molar-refractivity contribution in [2.24, 2.45) is 5.92 Å². The Hall–Kier alpha value is -2.66. The van der Waals surface area contributed by atoms with Crippen molar-refractivity contribution in [3.05, 3.63) is 70.5 Å². The summed E-state index contributed by atoms with van der Waals surface area (Å²) in [6.07, 6.45) is -10.7. The average molecular weight is 533 g/mol. The Labute approximate surface area is 208 Å². The van der Waals surface area contributed by atoms with E-state index in [1.165, 1.54) is 26.0 Å². The zero-order valence-corrected chi connectivity index (χ0v) is 20.0. The fourth-order valence-corrected chi connectivity index (χ4v) is 5.45. The van der Waals surface area contributed by atoms with Crippen LogP contribution in [0.25, 0.3) is 0 Å². The van der Waals surface area contributed by atoms with E-state index < -0.39 is 65.0 Å². The molecule has 2 fully saturated rings. The van der Waals surface area contributed by atoms with Crippen LogP contribution in [0.4, 0.5) is 30.7 Å². The average Bonchev–Trinajstić information content (AvgIpc) is 3.32. The first-order valence-corrected chi connectivity index (χ1v) is 11.8. The van der Waals surface area contributed by atoms with Crippen LogP contribution in [0.15, 0.2) is 42.5 Å². The second-order valence-electron chi connectivity index (χ2n) is 10.0. The number of hydrogen-bond acceptors (Lipinski definition) is 3. The van der Waals surface area contributed by atoms with Gasteiger partial charge in [0.15, 0.2) is 0 Å². The van der Waals surface area contributed by atoms with Crippen LogP contribution in [-0.4, -0.2) is 28.8 Å². The second-order valence-corrected chi connectivity index (χ2v) is 10.0. The van der Waals surface area contributed by atoms with Crippen molar-refractivity contribution < 1.29 is 45.4 Å². The zero-order valence-electron chi connectivity index (χ0n) is 20.0. The van der Waals surface area contributed by atoms with Crippen LogP contribution in [0.2, 0.25) is 0 Å². The number of halogens is 7. The summed E-state index contributed by atoms with van der Waals surface area (Å²) >= 11 is 0. The van der Waals surface area contributed by atoms with Crippen LogP contribution in [0.5, 0.6) is 0 Å². The minimum atomic E-state index is -4.98. The number of aliphatic hydroxyl groups is 1. The predicted octanol–water partition coefficient (Wildman–Crippen LogP) is 6.14. The van der Waals surface area contributed by atoms with Crippen LogP contribution >= 0.6 is 0 Å². The van der Waals surface area contributed by atoms with Gasteiger partial charge in [0, 0.05) is 18.4 Å². The van der Waals surface area contributed by atoms with Crippen LogP contribution < -0.4 is 5.32 Å². The highest BCUT2D eigenvalue weighted by Crippen LogP contribution is 2.48. The third-order valence-electron chi connectivity index (χ3n) is 7.30. The first-order valence-electron chi connectivity index (χ1n) is 11.8. The minimum Gasteiger partial charge on any atom is -0.380 e. The number of amides is 1. The summed E-state index contributed by atoms with van der Waals surface area (Å²) in [5.41, 5.74) is -4.05. The van der Waals surface area contributed by atoms with E-state index in [-0.39, 0.29) is 24.0 Å². The molecule has 1 aliphatic heterocycles. The van der Waals surface area contributed by atoms with Crippen molar-refractivity contribution in [1.29, 1.82) is 0 Å². The van der Waals surface area contributed by atoms with Gasteiger partial charge >= 0.3 is 12.4 Å². The molecule has 4 nitrogen and oxygen atoms in total. The highest BCUT2D eigenvalue weighted by atomic mass is 19.4. The molecule has 2 aliphatic rings. The van der Waals surface area contributed by atoms with Crippen molar-refractivity contribution in [3.8, 4) is 0 Å². The molecule has 37 heavy (non-hydrogen) atoms. The van der Waals surface area contributed by atoms with Gasteiger partial charge in [-0.25, -0.2) is 4.39 Å². The van der Waals surface area contributed by atoms with Gasteiger partial charge in [-0.05, 0) is 74.1 Å². The van der Waals surface area contributed by atoms with Crippen molar-refractivity contribution in [2.75, 3.05) is 0 Å². The van der Waals surface area contributed by atoms with Gasteiger partial charge in [-0.15, -0.1) is 0 Å². The van der Waals surface area contributed by atoms with Crippen molar-refractivity contribution in [3.63, 3.8) is 0 Å². The summed E-state index contributed by atoms with van der Waals surface area (Å²) in [5, 5.41) is 13.1. The van der Waals surface area contributed by atoms with Crippen LogP contribution in [0.1, 0.15) is 67.4 Å². The van der Waals surface area contributed by atoms with E-state index in [1.807, 2.05) is 0 Å². The van der Waals surface area contributed by atoms with E-state index >= 15 is 0 Å². The fourth-order valence-electron chi connectivity index (χ4n) is 5.45. The molecule has 0 aromatic heterocycles. The van der Waals surface area contributed by atoms with Gasteiger partial charge < -0.3 is 15.2 Å². The molecule has 1 amide bonds. The van der Waals surface area contributed by atoms with Crippen LogP contribution in [0.3, 0.4) is 0 Å². The fraction of sp³-hybridized carbons (Fsp3) is 0.500. The maximum Gasteiger partial charge on any atom is 0.416 e. The smallest absolute Gasteiger partial charge is 0.380 e. The molecule has 0 bridgehead atoms. The SMILES string of the molecule is C[C@@H](O[C@H]1CCC([C@H]2C[C@@](C)(O)C(=O)N2)[C@@H]1c1ccc(F)cc1)c1cc(C(F)(F)F)cc(C(F)(F)F)c1. The highest BCUT2D eigenvalue weighted by Gasteiger charge is 2.50. The van der Waals surface area contributed by atoms with Gasteiger partial charge in [0.2, 0.25) is 0 Å². The highest BCUT2D eigenvalue weighted by molar-refractivity contribution is 5.87. The van der Waals surface area contributed by atoms with E-state index in [0.29, 0.717) is 30.5 Å². The van der Waals surface area contributed by atoms with Gasteiger partial charge in [0.05, 0.1) is 23.3 Å². The maximum absolute atomic E-state index is 13.6. The second kappa shape index (κ2) is 9.58. The number of carbonyl (C=O) groups excluding carboxylic acids is 1. The lowest BCUT2D eigenvalue weighted by Gasteiger charge is -2.31. The third-order valence-corrected chi connectivity index (χ3v) is 7.30. The Balaban J connectivity index is 1.65. The van der Waals surface area contributed by atoms with Gasteiger partial charge in [-0.2, -0.15) is 26.3 Å². The summed E-state index contributed by atoms with van der Waals surface area (Å²) in [4.78, 5) is 12.2. The van der Waals surface area contributed by atoms with Gasteiger partial charge in [0.25, 0.3) is 5.91 Å². The quantitative estimate of drug-likeness (QED) is 0.454. The van der Waals surface area contributed by atoms with Gasteiger partial charge in [0.1, 0.15) is 11.4 Å². The Kier molecular flexibility index (Phi) is 7.09. The van der Waals surface area contributed by atoms with Gasteiger partial charge in [-0.3, -0.25) is 4.79 Å². The first kappa shape index (κ1) is 27.4. The monoisotopic (exact) mass is 533 g/mol.